The summed E-state index contributed by atoms with van der Waals surface area (Å²) in [7, 11) is 0. The molecule has 5 rings (SSSR count). The number of nitrogens with one attached hydrogen (secondary N) is 2. The fraction of sp³-hybridized carbons (Fsp3) is 0.222. The molecule has 0 bridgehead atoms. The van der Waals surface area contributed by atoms with Gasteiger partial charge in [0.05, 0.1) is 46.5 Å². The number of aromatic nitrogens is 6. The van der Waals surface area contributed by atoms with Crippen LogP contribution in [0, 0.1) is 17.5 Å². The third-order valence-electron chi connectivity index (χ3n) is 6.24. The van der Waals surface area contributed by atoms with E-state index >= 15 is 0 Å². The SMILES string of the molecule is CC(C)(O)Cn1cc2cc(Nc3nc(=O)n(Cc4cc(Cl)c[nH]c4=O)c(=O)n3Cc3cc(F)c(F)c(F)c3)c(Cl)cc2n1. The summed E-state index contributed by atoms with van der Waals surface area (Å²) in [6.07, 6.45) is 2.88. The average molecular weight is 636 g/mol. The van der Waals surface area contributed by atoms with Crippen LogP contribution in [-0.2, 0) is 19.6 Å². The molecule has 0 radical (unpaired) electrons. The summed E-state index contributed by atoms with van der Waals surface area (Å²) in [6, 6.07) is 5.74. The minimum absolute atomic E-state index is 0.0313. The van der Waals surface area contributed by atoms with Gasteiger partial charge in [-0.25, -0.2) is 27.3 Å². The van der Waals surface area contributed by atoms with Crippen molar-refractivity contribution in [2.75, 3.05) is 5.32 Å². The summed E-state index contributed by atoms with van der Waals surface area (Å²) >= 11 is 12.4. The molecule has 224 valence electrons. The Kier molecular flexibility index (Phi) is 7.94. The van der Waals surface area contributed by atoms with Gasteiger partial charge < -0.3 is 15.4 Å². The first-order valence-electron chi connectivity index (χ1n) is 12.6. The lowest BCUT2D eigenvalue weighted by molar-refractivity contribution is 0.0580. The van der Waals surface area contributed by atoms with Crippen molar-refractivity contribution in [1.82, 2.24) is 28.9 Å². The molecule has 3 N–H and O–H groups in total. The van der Waals surface area contributed by atoms with E-state index in [4.69, 9.17) is 23.2 Å². The summed E-state index contributed by atoms with van der Waals surface area (Å²) in [5.74, 6) is -5.02. The fourth-order valence-electron chi connectivity index (χ4n) is 4.36. The van der Waals surface area contributed by atoms with E-state index in [2.05, 4.69) is 20.4 Å². The van der Waals surface area contributed by atoms with Crippen molar-refractivity contribution in [3.8, 4) is 0 Å². The van der Waals surface area contributed by atoms with Crippen molar-refractivity contribution in [3.05, 3.63) is 113 Å². The zero-order valence-electron chi connectivity index (χ0n) is 22.5. The Morgan fingerprint density at radius 2 is 1.70 bits per heavy atom. The Hall–Kier alpha value is -4.40. The number of aliphatic hydroxyl groups is 1. The van der Waals surface area contributed by atoms with Gasteiger partial charge in [0.1, 0.15) is 0 Å². The number of H-pyrrole nitrogens is 1. The Morgan fingerprint density at radius 3 is 2.37 bits per heavy atom. The normalized spacial score (nSPS) is 11.8. The van der Waals surface area contributed by atoms with Gasteiger partial charge in [-0.3, -0.25) is 14.0 Å². The third-order valence-corrected chi connectivity index (χ3v) is 6.77. The van der Waals surface area contributed by atoms with Gasteiger partial charge in [-0.15, -0.1) is 0 Å². The number of nitrogens with zero attached hydrogens (tertiary/aromatic N) is 5. The van der Waals surface area contributed by atoms with Crippen LogP contribution in [0.15, 0.2) is 57.1 Å². The molecule has 11 nitrogen and oxygen atoms in total. The quantitative estimate of drug-likeness (QED) is 0.221. The molecule has 0 saturated heterocycles. The smallest absolute Gasteiger partial charge is 0.355 e. The molecule has 3 heterocycles. The maximum absolute atomic E-state index is 14.0. The number of rotatable bonds is 8. The molecule has 0 spiro atoms. The zero-order valence-corrected chi connectivity index (χ0v) is 24.0. The molecule has 0 amide bonds. The number of benzene rings is 2. The second-order valence-electron chi connectivity index (χ2n) is 10.4. The van der Waals surface area contributed by atoms with Crippen LogP contribution in [0.5, 0.6) is 0 Å². The monoisotopic (exact) mass is 635 g/mol. The second kappa shape index (κ2) is 11.4. The maximum atomic E-state index is 14.0. The highest BCUT2D eigenvalue weighted by molar-refractivity contribution is 6.34. The largest absolute Gasteiger partial charge is 0.389 e. The number of aromatic amines is 1. The van der Waals surface area contributed by atoms with E-state index in [1.165, 1.54) is 23.0 Å². The summed E-state index contributed by atoms with van der Waals surface area (Å²) in [5.41, 5.74) is -3.25. The number of pyridine rings is 1. The minimum Gasteiger partial charge on any atom is -0.389 e. The van der Waals surface area contributed by atoms with Crippen molar-refractivity contribution in [1.29, 1.82) is 0 Å². The van der Waals surface area contributed by atoms with Gasteiger partial charge in [0, 0.05) is 23.3 Å². The van der Waals surface area contributed by atoms with Crippen LogP contribution in [0.2, 0.25) is 10.0 Å². The van der Waals surface area contributed by atoms with Gasteiger partial charge in [-0.2, -0.15) is 10.1 Å². The van der Waals surface area contributed by atoms with Crippen LogP contribution in [0.3, 0.4) is 0 Å². The molecular weight excluding hydrogens is 614 g/mol. The molecule has 0 aliphatic carbocycles. The van der Waals surface area contributed by atoms with Crippen LogP contribution in [-0.4, -0.2) is 39.6 Å². The summed E-state index contributed by atoms with van der Waals surface area (Å²) in [4.78, 5) is 45.3. The van der Waals surface area contributed by atoms with Crippen molar-refractivity contribution in [3.63, 3.8) is 0 Å². The Morgan fingerprint density at radius 1 is 1.00 bits per heavy atom. The highest BCUT2D eigenvalue weighted by Crippen LogP contribution is 2.30. The van der Waals surface area contributed by atoms with Crippen LogP contribution < -0.4 is 22.3 Å². The first kappa shape index (κ1) is 30.1. The molecule has 2 aromatic carbocycles. The molecule has 3 aromatic heterocycles. The van der Waals surface area contributed by atoms with Crippen LogP contribution in [0.4, 0.5) is 24.8 Å². The van der Waals surface area contributed by atoms with E-state index in [1.807, 2.05) is 0 Å². The van der Waals surface area contributed by atoms with Crippen molar-refractivity contribution < 1.29 is 18.3 Å². The number of fused-ring (bicyclic) bond motifs is 1. The molecule has 5 aromatic rings. The van der Waals surface area contributed by atoms with E-state index in [1.54, 1.807) is 26.1 Å². The lowest BCUT2D eigenvalue weighted by Gasteiger charge is -2.16. The molecule has 0 atom stereocenters. The molecule has 43 heavy (non-hydrogen) atoms. The van der Waals surface area contributed by atoms with E-state index in [0.717, 1.165) is 4.57 Å². The molecule has 0 unspecified atom stereocenters. The Bertz CT molecular complexity index is 2040. The van der Waals surface area contributed by atoms with E-state index in [-0.39, 0.29) is 39.4 Å². The first-order chi connectivity index (χ1) is 20.2. The summed E-state index contributed by atoms with van der Waals surface area (Å²) < 4.78 is 44.7. The van der Waals surface area contributed by atoms with Crippen molar-refractivity contribution >= 4 is 45.7 Å². The second-order valence-corrected chi connectivity index (χ2v) is 11.2. The van der Waals surface area contributed by atoms with Gasteiger partial charge in [-0.05, 0) is 49.7 Å². The Labute approximate surface area is 249 Å². The highest BCUT2D eigenvalue weighted by Gasteiger charge is 2.20. The van der Waals surface area contributed by atoms with Crippen LogP contribution >= 0.6 is 23.2 Å². The van der Waals surface area contributed by atoms with Gasteiger partial charge in [-0.1, -0.05) is 23.2 Å². The first-order valence-corrected chi connectivity index (χ1v) is 13.3. The number of hydrogen-bond donors (Lipinski definition) is 3. The lowest BCUT2D eigenvalue weighted by atomic mass is 10.1. The molecule has 0 fully saturated rings. The molecule has 0 aliphatic rings. The van der Waals surface area contributed by atoms with Gasteiger partial charge in [0.15, 0.2) is 17.5 Å². The molecule has 16 heteroatoms. The number of halogens is 5. The standard InChI is InChI=1S/C27H22Cl2F3N7O4/c1-27(2,43)12-37-10-14-6-21(17(29)7-20(14)36-37)34-24-35-25(41)39(11-15-5-16(28)8-33-23(15)40)26(42)38(24)9-13-3-18(30)22(32)19(31)4-13/h3-8,10,43H,9,11-12H2,1-2H3,(H,33,40)(H,34,35,41). The molecule has 0 aliphatic heterocycles. The lowest BCUT2D eigenvalue weighted by Crippen LogP contribution is -2.43. The third kappa shape index (κ3) is 6.50. The molecule has 0 saturated carbocycles. The van der Waals surface area contributed by atoms with Crippen molar-refractivity contribution in [2.45, 2.75) is 39.1 Å². The summed E-state index contributed by atoms with van der Waals surface area (Å²) in [6.45, 7) is 2.33. The zero-order chi connectivity index (χ0) is 31.2. The van der Waals surface area contributed by atoms with E-state index < -0.39 is 53.1 Å². The van der Waals surface area contributed by atoms with Crippen molar-refractivity contribution in [2.24, 2.45) is 0 Å². The minimum atomic E-state index is -1.69. The van der Waals surface area contributed by atoms with Crippen LogP contribution in [0.25, 0.3) is 10.9 Å². The highest BCUT2D eigenvalue weighted by atomic mass is 35.5. The maximum Gasteiger partial charge on any atom is 0.355 e. The molecular formula is C27H22Cl2F3N7O4. The van der Waals surface area contributed by atoms with E-state index in [0.29, 0.717) is 27.6 Å². The average Bonchev–Trinajstić information content (AvgIpc) is 3.28. The predicted molar refractivity (Wildman–Crippen MR) is 154 cm³/mol. The number of hydrogen-bond acceptors (Lipinski definition) is 7. The fourth-order valence-corrected chi connectivity index (χ4v) is 4.76. The number of anilines is 2. The Balaban J connectivity index is 1.62. The predicted octanol–water partition coefficient (Wildman–Crippen LogP) is 3.78. The van der Waals surface area contributed by atoms with Crippen LogP contribution in [0.1, 0.15) is 25.0 Å². The van der Waals surface area contributed by atoms with Gasteiger partial charge in [0.25, 0.3) is 5.56 Å². The topological polar surface area (TPSA) is 140 Å². The van der Waals surface area contributed by atoms with Gasteiger partial charge in [0.2, 0.25) is 5.95 Å². The summed E-state index contributed by atoms with van der Waals surface area (Å²) in [5, 5.41) is 18.2. The van der Waals surface area contributed by atoms with E-state index in [9.17, 15) is 32.7 Å². The van der Waals surface area contributed by atoms with Gasteiger partial charge >= 0.3 is 11.4 Å².